The summed E-state index contributed by atoms with van der Waals surface area (Å²) in [4.78, 5) is 31.2. The number of aliphatic imine (C=N–C) groups is 1. The second-order valence-electron chi connectivity index (χ2n) is 8.78. The van der Waals surface area contributed by atoms with E-state index < -0.39 is 17.8 Å². The quantitative estimate of drug-likeness (QED) is 0.485. The monoisotopic (exact) mass is 429 g/mol. The molecule has 31 heavy (non-hydrogen) atoms. The Labute approximate surface area is 183 Å². The fraction of sp³-hybridized carbons (Fsp3) is 0.542. The number of esters is 1. The summed E-state index contributed by atoms with van der Waals surface area (Å²) in [6.45, 7) is 6.37. The van der Waals surface area contributed by atoms with Crippen molar-refractivity contribution in [1.29, 1.82) is 0 Å². The molecule has 1 aromatic carbocycles. The van der Waals surface area contributed by atoms with Crippen molar-refractivity contribution in [3.05, 3.63) is 35.0 Å². The van der Waals surface area contributed by atoms with Gasteiger partial charge in [0.05, 0.1) is 20.8 Å². The minimum absolute atomic E-state index is 0.00654. The maximum absolute atomic E-state index is 13.3. The summed E-state index contributed by atoms with van der Waals surface area (Å²) in [6.07, 6.45) is 1.06. The topological polar surface area (TPSA) is 83.4 Å². The predicted octanol–water partition coefficient (Wildman–Crippen LogP) is 3.71. The van der Waals surface area contributed by atoms with E-state index in [4.69, 9.17) is 23.9 Å². The van der Waals surface area contributed by atoms with Gasteiger partial charge in [0.25, 0.3) is 0 Å². The van der Waals surface area contributed by atoms with Crippen molar-refractivity contribution in [1.82, 2.24) is 0 Å². The first-order valence-electron chi connectivity index (χ1n) is 10.4. The van der Waals surface area contributed by atoms with Crippen molar-refractivity contribution in [2.45, 2.75) is 39.5 Å². The van der Waals surface area contributed by atoms with Gasteiger partial charge in [-0.05, 0) is 37.0 Å². The molecule has 0 saturated heterocycles. The average Bonchev–Trinajstić information content (AvgIpc) is 2.71. The summed E-state index contributed by atoms with van der Waals surface area (Å²) in [7, 11) is 4.70. The van der Waals surface area contributed by atoms with E-state index in [2.05, 4.69) is 13.8 Å². The summed E-state index contributed by atoms with van der Waals surface area (Å²) in [5.74, 6) is -0.518. The first-order valence-corrected chi connectivity index (χ1v) is 10.4. The van der Waals surface area contributed by atoms with Gasteiger partial charge >= 0.3 is 5.97 Å². The molecule has 0 aromatic heterocycles. The lowest BCUT2D eigenvalue weighted by atomic mass is 9.66. The lowest BCUT2D eigenvalue weighted by molar-refractivity contribution is -0.147. The summed E-state index contributed by atoms with van der Waals surface area (Å²) >= 11 is 0. The zero-order valence-electron chi connectivity index (χ0n) is 19.1. The Balaban J connectivity index is 2.17. The van der Waals surface area contributed by atoms with Gasteiger partial charge in [-0.1, -0.05) is 13.8 Å². The summed E-state index contributed by atoms with van der Waals surface area (Å²) in [5, 5.41) is 0. The first-order chi connectivity index (χ1) is 14.7. The number of hydrogen-bond acceptors (Lipinski definition) is 7. The molecular weight excluding hydrogens is 398 g/mol. The molecule has 7 heteroatoms. The van der Waals surface area contributed by atoms with Gasteiger partial charge in [0.2, 0.25) is 0 Å². The van der Waals surface area contributed by atoms with Crippen LogP contribution >= 0.6 is 0 Å². The van der Waals surface area contributed by atoms with Crippen LogP contribution in [0, 0.1) is 11.3 Å². The molecule has 0 spiro atoms. The third kappa shape index (κ3) is 4.66. The lowest BCUT2D eigenvalue weighted by Gasteiger charge is -2.39. The van der Waals surface area contributed by atoms with Crippen LogP contribution in [0.5, 0.6) is 11.5 Å². The van der Waals surface area contributed by atoms with E-state index in [1.54, 1.807) is 33.5 Å². The molecule has 1 heterocycles. The summed E-state index contributed by atoms with van der Waals surface area (Å²) in [5.41, 5.74) is 2.47. The number of rotatable bonds is 7. The lowest BCUT2D eigenvalue weighted by Crippen LogP contribution is -2.40. The Morgan fingerprint density at radius 1 is 1.13 bits per heavy atom. The van der Waals surface area contributed by atoms with E-state index in [0.29, 0.717) is 47.8 Å². The minimum atomic E-state index is -0.734. The van der Waals surface area contributed by atoms with Gasteiger partial charge in [-0.2, -0.15) is 0 Å². The molecule has 7 nitrogen and oxygen atoms in total. The Morgan fingerprint density at radius 2 is 1.87 bits per heavy atom. The van der Waals surface area contributed by atoms with Crippen molar-refractivity contribution >= 4 is 17.5 Å². The number of benzene rings is 1. The zero-order valence-corrected chi connectivity index (χ0v) is 19.1. The van der Waals surface area contributed by atoms with Gasteiger partial charge in [0.15, 0.2) is 5.78 Å². The molecule has 168 valence electrons. The standard InChI is InChI=1S/C24H31NO6/c1-14-20(23(27)31-10-9-28-4)21(16-11-15(29-5)7-8-19(16)30-6)22-17(25-14)12-24(2,3)13-18(22)26/h7-8,11,20-21H,9-10,12-13H2,1-6H3/t20?,21-/m1/s1. The molecule has 0 bridgehead atoms. The molecule has 2 aliphatic rings. The molecule has 0 amide bonds. The zero-order chi connectivity index (χ0) is 22.8. The van der Waals surface area contributed by atoms with Crippen LogP contribution in [0.4, 0.5) is 0 Å². The van der Waals surface area contributed by atoms with Crippen LogP contribution in [-0.4, -0.2) is 52.0 Å². The number of ketones is 1. The molecule has 2 atom stereocenters. The largest absolute Gasteiger partial charge is 0.497 e. The highest BCUT2D eigenvalue weighted by Crippen LogP contribution is 2.50. The normalized spacial score (nSPS) is 22.5. The van der Waals surface area contributed by atoms with E-state index in [9.17, 15) is 9.59 Å². The molecule has 1 aromatic rings. The average molecular weight is 430 g/mol. The third-order valence-electron chi connectivity index (χ3n) is 5.86. The van der Waals surface area contributed by atoms with Gasteiger partial charge in [-0.15, -0.1) is 0 Å². The second kappa shape index (κ2) is 9.22. The van der Waals surface area contributed by atoms with E-state index in [1.807, 2.05) is 13.0 Å². The number of allylic oxidation sites excluding steroid dienone is 2. The molecule has 1 aliphatic heterocycles. The van der Waals surface area contributed by atoms with Crippen molar-refractivity contribution < 1.29 is 28.5 Å². The van der Waals surface area contributed by atoms with E-state index in [0.717, 1.165) is 5.70 Å². The van der Waals surface area contributed by atoms with Crippen LogP contribution in [0.1, 0.15) is 45.1 Å². The highest BCUT2D eigenvalue weighted by Gasteiger charge is 2.47. The summed E-state index contributed by atoms with van der Waals surface area (Å²) < 4.78 is 21.5. The van der Waals surface area contributed by atoms with E-state index in [1.165, 1.54) is 0 Å². The van der Waals surface area contributed by atoms with Crippen LogP contribution in [0.2, 0.25) is 0 Å². The van der Waals surface area contributed by atoms with Crippen molar-refractivity contribution in [2.75, 3.05) is 34.5 Å². The number of hydrogen-bond donors (Lipinski definition) is 0. The van der Waals surface area contributed by atoms with Crippen LogP contribution < -0.4 is 9.47 Å². The van der Waals surface area contributed by atoms with Crippen LogP contribution in [-0.2, 0) is 19.1 Å². The van der Waals surface area contributed by atoms with Crippen LogP contribution in [0.25, 0.3) is 0 Å². The molecule has 0 radical (unpaired) electrons. The first kappa shape index (κ1) is 23.0. The second-order valence-corrected chi connectivity index (χ2v) is 8.78. The maximum Gasteiger partial charge on any atom is 0.315 e. The molecule has 0 N–H and O–H groups in total. The van der Waals surface area contributed by atoms with Crippen LogP contribution in [0.3, 0.4) is 0 Å². The number of ether oxygens (including phenoxy) is 4. The Kier molecular flexibility index (Phi) is 6.84. The molecule has 0 saturated carbocycles. The number of nitrogens with zero attached hydrogens (tertiary/aromatic N) is 1. The predicted molar refractivity (Wildman–Crippen MR) is 117 cm³/mol. The van der Waals surface area contributed by atoms with Crippen molar-refractivity contribution in [2.24, 2.45) is 16.3 Å². The number of carbonyl (C=O) groups excluding carboxylic acids is 2. The molecule has 0 fully saturated rings. The number of carbonyl (C=O) groups is 2. The van der Waals surface area contributed by atoms with Crippen LogP contribution in [0.15, 0.2) is 34.5 Å². The molecule has 1 aliphatic carbocycles. The van der Waals surface area contributed by atoms with Gasteiger partial charge in [0, 0.05) is 42.0 Å². The molecule has 1 unspecified atom stereocenters. The van der Waals surface area contributed by atoms with Gasteiger partial charge < -0.3 is 18.9 Å². The van der Waals surface area contributed by atoms with Crippen molar-refractivity contribution in [3.8, 4) is 11.5 Å². The highest BCUT2D eigenvalue weighted by atomic mass is 16.6. The van der Waals surface area contributed by atoms with E-state index >= 15 is 0 Å². The molecule has 3 rings (SSSR count). The minimum Gasteiger partial charge on any atom is -0.497 e. The fourth-order valence-electron chi connectivity index (χ4n) is 4.48. The van der Waals surface area contributed by atoms with Gasteiger partial charge in [0.1, 0.15) is 24.0 Å². The van der Waals surface area contributed by atoms with Gasteiger partial charge in [-0.25, -0.2) is 0 Å². The highest BCUT2D eigenvalue weighted by molar-refractivity contribution is 6.09. The maximum atomic E-state index is 13.3. The fourth-order valence-corrected chi connectivity index (χ4v) is 4.48. The number of methoxy groups -OCH3 is 3. The number of Topliss-reactive ketones (excluding diaryl/α,β-unsaturated/α-hetero) is 1. The molecular formula is C24H31NO6. The third-order valence-corrected chi connectivity index (χ3v) is 5.86. The Hall–Kier alpha value is -2.67. The van der Waals surface area contributed by atoms with Crippen molar-refractivity contribution in [3.63, 3.8) is 0 Å². The van der Waals surface area contributed by atoms with E-state index in [-0.39, 0.29) is 17.8 Å². The smallest absolute Gasteiger partial charge is 0.315 e. The van der Waals surface area contributed by atoms with Gasteiger partial charge in [-0.3, -0.25) is 14.6 Å². The summed E-state index contributed by atoms with van der Waals surface area (Å²) in [6, 6.07) is 5.41. The SMILES string of the molecule is COCCOC(=O)C1C(C)=NC2=C(C(=O)CC(C)(C)C2)[C@@H]1c1cc(OC)ccc1OC. The Morgan fingerprint density at radius 3 is 2.52 bits per heavy atom. The Bertz CT molecular complexity index is 930.